The van der Waals surface area contributed by atoms with Gasteiger partial charge in [0.25, 0.3) is 0 Å². The lowest BCUT2D eigenvalue weighted by atomic mass is 10.1. The van der Waals surface area contributed by atoms with Gasteiger partial charge in [0.05, 0.1) is 6.54 Å². The van der Waals surface area contributed by atoms with Crippen LogP contribution in [0.1, 0.15) is 52.4 Å². The van der Waals surface area contributed by atoms with Crippen molar-refractivity contribution in [1.82, 2.24) is 16.0 Å². The lowest BCUT2D eigenvalue weighted by molar-refractivity contribution is -0.143. The highest BCUT2D eigenvalue weighted by Crippen LogP contribution is 2.07. The number of hydrogen-bond acceptors (Lipinski definition) is 8. The number of carbonyl (C=O) groups excluding carboxylic acids is 4. The largest absolute Gasteiger partial charge is 0.481 e. The van der Waals surface area contributed by atoms with E-state index in [-0.39, 0.29) is 42.6 Å². The molecule has 0 radical (unpaired) electrons. The molecule has 0 aliphatic rings. The molecule has 31 heavy (non-hydrogen) atoms. The molecule has 0 aromatic heterocycles. The average molecular weight is 463 g/mol. The highest BCUT2D eigenvalue weighted by molar-refractivity contribution is 8.11. The van der Waals surface area contributed by atoms with Crippen LogP contribution in [0.3, 0.4) is 0 Å². The molecule has 0 saturated heterocycles. The quantitative estimate of drug-likeness (QED) is 0.170. The maximum absolute atomic E-state index is 12.4. The standard InChI is InChI=1S/C18H30N4O8S/c1-10(2)3-6-13(23)21-11(5-8-16(27)31-19)17(28)20-9-14(24)22-12(18(29)30)4-7-15(25)26/h10-12H,3-9,19H2,1-2H3,(H,20,28)(H,21,23)(H,22,24)(H,25,26)(H,29,30)/t11-,12-/m0/s1. The maximum atomic E-state index is 12.4. The minimum Gasteiger partial charge on any atom is -0.481 e. The van der Waals surface area contributed by atoms with E-state index in [4.69, 9.17) is 15.4 Å². The van der Waals surface area contributed by atoms with Gasteiger partial charge in [0, 0.05) is 19.3 Å². The molecular weight excluding hydrogens is 432 g/mol. The second-order valence-corrected chi connectivity index (χ2v) is 7.88. The van der Waals surface area contributed by atoms with E-state index >= 15 is 0 Å². The number of nitrogens with one attached hydrogen (secondary N) is 3. The average Bonchev–Trinajstić information content (AvgIpc) is 2.69. The number of aliphatic carboxylic acids is 2. The summed E-state index contributed by atoms with van der Waals surface area (Å²) in [6, 6.07) is -2.50. The Kier molecular flexibility index (Phi) is 13.9. The van der Waals surface area contributed by atoms with Crippen molar-refractivity contribution in [2.45, 2.75) is 64.5 Å². The fourth-order valence-corrected chi connectivity index (χ4v) is 2.57. The molecule has 12 nitrogen and oxygen atoms in total. The Hall–Kier alpha value is -2.67. The molecule has 0 aromatic rings. The molecule has 0 fully saturated rings. The van der Waals surface area contributed by atoms with Crippen LogP contribution in [0.2, 0.25) is 0 Å². The van der Waals surface area contributed by atoms with Gasteiger partial charge in [-0.05, 0) is 37.1 Å². The van der Waals surface area contributed by atoms with E-state index in [9.17, 15) is 28.8 Å². The van der Waals surface area contributed by atoms with E-state index in [0.29, 0.717) is 18.4 Å². The molecule has 3 amide bonds. The summed E-state index contributed by atoms with van der Waals surface area (Å²) in [5.74, 6) is -4.29. The molecule has 0 unspecified atom stereocenters. The zero-order valence-corrected chi connectivity index (χ0v) is 18.3. The Morgan fingerprint density at radius 3 is 1.94 bits per heavy atom. The lowest BCUT2D eigenvalue weighted by Crippen LogP contribution is -2.51. The fraction of sp³-hybridized carbons (Fsp3) is 0.667. The summed E-state index contributed by atoms with van der Waals surface area (Å²) in [7, 11) is 0. The van der Waals surface area contributed by atoms with Crippen LogP contribution < -0.4 is 21.1 Å². The van der Waals surface area contributed by atoms with E-state index in [2.05, 4.69) is 16.0 Å². The molecule has 0 saturated carbocycles. The Balaban J connectivity index is 4.84. The number of carboxylic acids is 2. The van der Waals surface area contributed by atoms with Crippen LogP contribution in [0.25, 0.3) is 0 Å². The van der Waals surface area contributed by atoms with Crippen LogP contribution in [-0.2, 0) is 28.8 Å². The number of hydrogen-bond donors (Lipinski definition) is 6. The van der Waals surface area contributed by atoms with Gasteiger partial charge in [-0.25, -0.2) is 4.79 Å². The summed E-state index contributed by atoms with van der Waals surface area (Å²) >= 11 is 0.501. The summed E-state index contributed by atoms with van der Waals surface area (Å²) in [6.45, 7) is 3.29. The van der Waals surface area contributed by atoms with Gasteiger partial charge >= 0.3 is 11.9 Å². The monoisotopic (exact) mass is 462 g/mol. The van der Waals surface area contributed by atoms with Crippen molar-refractivity contribution in [3.8, 4) is 0 Å². The first-order valence-corrected chi connectivity index (χ1v) is 10.5. The van der Waals surface area contributed by atoms with E-state index in [0.717, 1.165) is 0 Å². The first-order valence-electron chi connectivity index (χ1n) is 9.66. The van der Waals surface area contributed by atoms with Gasteiger partial charge in [-0.15, -0.1) is 0 Å². The van der Waals surface area contributed by atoms with Gasteiger partial charge in [-0.2, -0.15) is 0 Å². The Morgan fingerprint density at radius 2 is 1.42 bits per heavy atom. The van der Waals surface area contributed by atoms with Crippen LogP contribution in [0.15, 0.2) is 0 Å². The molecule has 0 spiro atoms. The van der Waals surface area contributed by atoms with Crippen molar-refractivity contribution in [3.63, 3.8) is 0 Å². The minimum absolute atomic E-state index is 0.0275. The zero-order valence-electron chi connectivity index (χ0n) is 17.5. The molecule has 0 aromatic carbocycles. The number of rotatable bonds is 15. The molecule has 0 aliphatic carbocycles. The number of nitrogens with two attached hydrogens (primary N) is 1. The second-order valence-electron chi connectivity index (χ2n) is 7.19. The van der Waals surface area contributed by atoms with E-state index in [1.807, 2.05) is 13.8 Å². The van der Waals surface area contributed by atoms with Gasteiger partial charge < -0.3 is 26.2 Å². The molecule has 0 rings (SSSR count). The molecule has 2 atom stereocenters. The van der Waals surface area contributed by atoms with Crippen molar-refractivity contribution in [1.29, 1.82) is 0 Å². The first-order chi connectivity index (χ1) is 14.5. The minimum atomic E-state index is -1.42. The topological polar surface area (TPSA) is 205 Å². The predicted molar refractivity (Wildman–Crippen MR) is 111 cm³/mol. The summed E-state index contributed by atoms with van der Waals surface area (Å²) in [6.07, 6.45) is -0.0933. The van der Waals surface area contributed by atoms with Gasteiger partial charge in [-0.3, -0.25) is 29.1 Å². The highest BCUT2D eigenvalue weighted by Gasteiger charge is 2.24. The molecule has 13 heteroatoms. The number of carboxylic acid groups (broad SMARTS) is 2. The molecule has 7 N–H and O–H groups in total. The van der Waals surface area contributed by atoms with E-state index < -0.39 is 48.8 Å². The van der Waals surface area contributed by atoms with E-state index in [1.165, 1.54) is 0 Å². The van der Waals surface area contributed by atoms with Crippen molar-refractivity contribution in [2.75, 3.05) is 6.54 Å². The van der Waals surface area contributed by atoms with Crippen LogP contribution in [0.5, 0.6) is 0 Å². The third kappa shape index (κ3) is 14.0. The lowest BCUT2D eigenvalue weighted by Gasteiger charge is -2.19. The van der Waals surface area contributed by atoms with Crippen molar-refractivity contribution in [2.24, 2.45) is 11.1 Å². The number of amides is 3. The van der Waals surface area contributed by atoms with Gasteiger partial charge in [0.15, 0.2) is 0 Å². The van der Waals surface area contributed by atoms with Crippen molar-refractivity contribution < 1.29 is 39.0 Å². The van der Waals surface area contributed by atoms with Crippen molar-refractivity contribution in [3.05, 3.63) is 0 Å². The van der Waals surface area contributed by atoms with Gasteiger partial charge in [-0.1, -0.05) is 13.8 Å². The second kappa shape index (κ2) is 15.2. The van der Waals surface area contributed by atoms with Crippen LogP contribution in [0, 0.1) is 5.92 Å². The molecule has 0 heterocycles. The third-order valence-corrected chi connectivity index (χ3v) is 4.54. The molecule has 0 aliphatic heterocycles. The zero-order chi connectivity index (χ0) is 24.0. The van der Waals surface area contributed by atoms with E-state index in [1.54, 1.807) is 0 Å². The molecular formula is C18H30N4O8S. The Labute approximate surface area is 184 Å². The third-order valence-electron chi connectivity index (χ3n) is 4.07. The number of carbonyl (C=O) groups is 6. The van der Waals surface area contributed by atoms with Crippen LogP contribution >= 0.6 is 11.9 Å². The van der Waals surface area contributed by atoms with Crippen LogP contribution in [-0.4, -0.2) is 63.6 Å². The molecule has 0 bridgehead atoms. The normalized spacial score (nSPS) is 12.5. The Bertz CT molecular complexity index is 671. The summed E-state index contributed by atoms with van der Waals surface area (Å²) < 4.78 is 0. The SMILES string of the molecule is CC(C)CCC(=O)N[C@@H](CCC(=O)SN)C(=O)NCC(=O)N[C@@H](CCC(=O)O)C(=O)O. The highest BCUT2D eigenvalue weighted by atomic mass is 32.2. The molecule has 176 valence electrons. The predicted octanol–water partition coefficient (Wildman–Crippen LogP) is -0.628. The van der Waals surface area contributed by atoms with Crippen molar-refractivity contribution >= 4 is 46.7 Å². The summed E-state index contributed by atoms with van der Waals surface area (Å²) in [4.78, 5) is 69.5. The van der Waals surface area contributed by atoms with Gasteiger partial charge in [0.2, 0.25) is 22.8 Å². The Morgan fingerprint density at radius 1 is 0.839 bits per heavy atom. The van der Waals surface area contributed by atoms with Gasteiger partial charge in [0.1, 0.15) is 12.1 Å². The summed E-state index contributed by atoms with van der Waals surface area (Å²) in [5, 5.41) is 29.4. The smallest absolute Gasteiger partial charge is 0.326 e. The summed E-state index contributed by atoms with van der Waals surface area (Å²) in [5.41, 5.74) is 0. The first kappa shape index (κ1) is 28.3. The van der Waals surface area contributed by atoms with Crippen LogP contribution in [0.4, 0.5) is 0 Å². The fourth-order valence-electron chi connectivity index (χ4n) is 2.34. The maximum Gasteiger partial charge on any atom is 0.326 e.